The van der Waals surface area contributed by atoms with Crippen LogP contribution in [0.1, 0.15) is 18.5 Å². The van der Waals surface area contributed by atoms with Gasteiger partial charge >= 0.3 is 0 Å². The molecule has 2 N–H and O–H groups in total. The van der Waals surface area contributed by atoms with Crippen LogP contribution in [-0.2, 0) is 0 Å². The molecule has 0 fully saturated rings. The molecule has 1 aromatic rings. The van der Waals surface area contributed by atoms with Crippen LogP contribution in [0.15, 0.2) is 30.3 Å². The molecule has 0 aliphatic rings. The number of halogens is 1. The Bertz CT molecular complexity index is 208. The minimum Gasteiger partial charge on any atom is -0.323 e. The van der Waals surface area contributed by atoms with Crippen molar-refractivity contribution in [2.75, 3.05) is 0 Å². The number of alkyl halides is 1. The fourth-order valence-corrected chi connectivity index (χ4v) is 1.09. The summed E-state index contributed by atoms with van der Waals surface area (Å²) in [6.45, 7) is 1.90. The highest BCUT2D eigenvalue weighted by atomic mass is 35.5. The van der Waals surface area contributed by atoms with Crippen LogP contribution in [0.25, 0.3) is 0 Å². The summed E-state index contributed by atoms with van der Waals surface area (Å²) in [4.78, 5) is 0. The van der Waals surface area contributed by atoms with E-state index in [2.05, 4.69) is 0 Å². The predicted molar refractivity (Wildman–Crippen MR) is 48.7 cm³/mol. The first kappa shape index (κ1) is 8.57. The van der Waals surface area contributed by atoms with Gasteiger partial charge in [0.05, 0.1) is 5.38 Å². The highest BCUT2D eigenvalue weighted by Gasteiger charge is 2.10. The molecule has 1 aromatic carbocycles. The lowest BCUT2D eigenvalue weighted by Crippen LogP contribution is -2.18. The average molecular weight is 170 g/mol. The van der Waals surface area contributed by atoms with Crippen molar-refractivity contribution in [3.05, 3.63) is 35.9 Å². The second kappa shape index (κ2) is 3.74. The quantitative estimate of drug-likeness (QED) is 0.676. The molecule has 0 radical (unpaired) electrons. The largest absolute Gasteiger partial charge is 0.323 e. The second-order valence-electron chi connectivity index (χ2n) is 2.61. The highest BCUT2D eigenvalue weighted by Crippen LogP contribution is 2.16. The summed E-state index contributed by atoms with van der Waals surface area (Å²) >= 11 is 5.84. The summed E-state index contributed by atoms with van der Waals surface area (Å²) in [6, 6.07) is 9.82. The second-order valence-corrected chi connectivity index (χ2v) is 3.30. The summed E-state index contributed by atoms with van der Waals surface area (Å²) in [5, 5.41) is -0.0163. The molecule has 0 aliphatic heterocycles. The molecule has 0 heterocycles. The summed E-state index contributed by atoms with van der Waals surface area (Å²) in [7, 11) is 0. The van der Waals surface area contributed by atoms with Gasteiger partial charge in [0.25, 0.3) is 0 Å². The molecule has 2 heteroatoms. The Hall–Kier alpha value is -0.530. The van der Waals surface area contributed by atoms with Crippen molar-refractivity contribution in [3.8, 4) is 0 Å². The van der Waals surface area contributed by atoms with Crippen LogP contribution in [0, 0.1) is 0 Å². The van der Waals surface area contributed by atoms with Gasteiger partial charge in [0.1, 0.15) is 0 Å². The lowest BCUT2D eigenvalue weighted by Gasteiger charge is -2.13. The maximum atomic E-state index is 5.84. The lowest BCUT2D eigenvalue weighted by atomic mass is 10.1. The van der Waals surface area contributed by atoms with Crippen molar-refractivity contribution < 1.29 is 0 Å². The van der Waals surface area contributed by atoms with E-state index < -0.39 is 0 Å². The maximum absolute atomic E-state index is 5.84. The fourth-order valence-electron chi connectivity index (χ4n) is 0.940. The normalized spacial score (nSPS) is 15.9. The Balaban J connectivity index is 2.77. The number of hydrogen-bond acceptors (Lipinski definition) is 1. The van der Waals surface area contributed by atoms with E-state index in [1.54, 1.807) is 0 Å². The summed E-state index contributed by atoms with van der Waals surface area (Å²) in [5.41, 5.74) is 6.90. The Morgan fingerprint density at radius 3 is 2.27 bits per heavy atom. The molecule has 0 amide bonds. The topological polar surface area (TPSA) is 26.0 Å². The molecule has 2 atom stereocenters. The standard InChI is InChI=1S/C9H12ClN/c1-7(10)9(11)8-5-3-2-4-6-8/h2-7,9H,11H2,1H3/t7-,9+/m0/s1. The number of nitrogens with two attached hydrogens (primary N) is 1. The Kier molecular flexibility index (Phi) is 2.92. The zero-order valence-corrected chi connectivity index (χ0v) is 7.25. The minimum absolute atomic E-state index is 0.0163. The van der Waals surface area contributed by atoms with Crippen LogP contribution in [0.2, 0.25) is 0 Å². The van der Waals surface area contributed by atoms with Crippen LogP contribution >= 0.6 is 11.6 Å². The smallest absolute Gasteiger partial charge is 0.0500 e. The van der Waals surface area contributed by atoms with Gasteiger partial charge in [-0.3, -0.25) is 0 Å². The maximum Gasteiger partial charge on any atom is 0.0500 e. The van der Waals surface area contributed by atoms with Crippen LogP contribution in [0.4, 0.5) is 0 Å². The summed E-state index contributed by atoms with van der Waals surface area (Å²) in [6.07, 6.45) is 0. The predicted octanol–water partition coefficient (Wildman–Crippen LogP) is 2.31. The van der Waals surface area contributed by atoms with Gasteiger partial charge in [0.2, 0.25) is 0 Å². The third kappa shape index (κ3) is 2.21. The molecule has 11 heavy (non-hydrogen) atoms. The van der Waals surface area contributed by atoms with Crippen LogP contribution in [0.3, 0.4) is 0 Å². The molecule has 60 valence electrons. The fraction of sp³-hybridized carbons (Fsp3) is 0.333. The Labute approximate surface area is 72.2 Å². The van der Waals surface area contributed by atoms with Gasteiger partial charge in [-0.2, -0.15) is 0 Å². The van der Waals surface area contributed by atoms with E-state index >= 15 is 0 Å². The van der Waals surface area contributed by atoms with E-state index in [1.165, 1.54) is 0 Å². The molecule has 0 unspecified atom stereocenters. The van der Waals surface area contributed by atoms with Crippen LogP contribution in [0.5, 0.6) is 0 Å². The molecular formula is C9H12ClN. The zero-order valence-electron chi connectivity index (χ0n) is 6.50. The minimum atomic E-state index is -0.0575. The molecule has 0 aliphatic carbocycles. The van der Waals surface area contributed by atoms with Crippen molar-refractivity contribution in [2.45, 2.75) is 18.3 Å². The van der Waals surface area contributed by atoms with E-state index in [1.807, 2.05) is 37.3 Å². The van der Waals surface area contributed by atoms with Crippen molar-refractivity contribution in [2.24, 2.45) is 5.73 Å². The van der Waals surface area contributed by atoms with Crippen molar-refractivity contribution in [3.63, 3.8) is 0 Å². The van der Waals surface area contributed by atoms with Gasteiger partial charge in [-0.15, -0.1) is 11.6 Å². The number of benzene rings is 1. The van der Waals surface area contributed by atoms with Gasteiger partial charge in [-0.1, -0.05) is 30.3 Å². The summed E-state index contributed by atoms with van der Waals surface area (Å²) in [5.74, 6) is 0. The Morgan fingerprint density at radius 2 is 1.82 bits per heavy atom. The van der Waals surface area contributed by atoms with E-state index in [4.69, 9.17) is 17.3 Å². The molecule has 0 spiro atoms. The highest BCUT2D eigenvalue weighted by molar-refractivity contribution is 6.20. The lowest BCUT2D eigenvalue weighted by molar-refractivity contribution is 0.707. The van der Waals surface area contributed by atoms with Crippen molar-refractivity contribution in [1.82, 2.24) is 0 Å². The van der Waals surface area contributed by atoms with Gasteiger partial charge in [-0.05, 0) is 12.5 Å². The molecule has 0 bridgehead atoms. The third-order valence-corrected chi connectivity index (χ3v) is 1.95. The van der Waals surface area contributed by atoms with Gasteiger partial charge in [0.15, 0.2) is 0 Å². The van der Waals surface area contributed by atoms with Crippen LogP contribution < -0.4 is 5.73 Å². The van der Waals surface area contributed by atoms with Crippen LogP contribution in [-0.4, -0.2) is 5.38 Å². The zero-order chi connectivity index (χ0) is 8.27. The first-order valence-corrected chi connectivity index (χ1v) is 4.10. The number of rotatable bonds is 2. The first-order valence-electron chi connectivity index (χ1n) is 3.66. The molecule has 0 aromatic heterocycles. The van der Waals surface area contributed by atoms with Gasteiger partial charge < -0.3 is 5.73 Å². The van der Waals surface area contributed by atoms with Crippen molar-refractivity contribution in [1.29, 1.82) is 0 Å². The summed E-state index contributed by atoms with van der Waals surface area (Å²) < 4.78 is 0. The SMILES string of the molecule is C[C@H](Cl)[C@@H](N)c1ccccc1. The molecule has 0 saturated heterocycles. The average Bonchev–Trinajstić information content (AvgIpc) is 2.05. The van der Waals surface area contributed by atoms with Gasteiger partial charge in [0, 0.05) is 6.04 Å². The monoisotopic (exact) mass is 169 g/mol. The first-order chi connectivity index (χ1) is 5.22. The molecule has 0 saturated carbocycles. The van der Waals surface area contributed by atoms with Crippen molar-refractivity contribution >= 4 is 11.6 Å². The van der Waals surface area contributed by atoms with E-state index in [0.29, 0.717) is 0 Å². The third-order valence-electron chi connectivity index (χ3n) is 1.68. The number of hydrogen-bond donors (Lipinski definition) is 1. The molecule has 1 rings (SSSR count). The van der Waals surface area contributed by atoms with E-state index in [-0.39, 0.29) is 11.4 Å². The van der Waals surface area contributed by atoms with Gasteiger partial charge in [-0.25, -0.2) is 0 Å². The van der Waals surface area contributed by atoms with E-state index in [0.717, 1.165) is 5.56 Å². The van der Waals surface area contributed by atoms with E-state index in [9.17, 15) is 0 Å². The molecular weight excluding hydrogens is 158 g/mol. The molecule has 1 nitrogen and oxygen atoms in total. The Morgan fingerprint density at radius 1 is 1.27 bits per heavy atom.